The standard InChI is InChI=1S/C12H17FN2O2/c1-17-12-9(2-3-10(16)11(12)13)8-15-6-4-14-5-7-15/h2-3,14,16H,4-8H2,1H3. The highest BCUT2D eigenvalue weighted by Gasteiger charge is 2.17. The molecule has 0 unspecified atom stereocenters. The molecule has 4 nitrogen and oxygen atoms in total. The number of ether oxygens (including phenoxy) is 1. The maximum absolute atomic E-state index is 13.6. The molecule has 1 aromatic carbocycles. The lowest BCUT2D eigenvalue weighted by atomic mass is 10.1. The number of benzene rings is 1. The van der Waals surface area contributed by atoms with Crippen LogP contribution in [0, 0.1) is 5.82 Å². The summed E-state index contributed by atoms with van der Waals surface area (Å²) < 4.78 is 18.6. The molecule has 94 valence electrons. The molecule has 0 aromatic heterocycles. The Hall–Kier alpha value is -1.33. The molecule has 17 heavy (non-hydrogen) atoms. The van der Waals surface area contributed by atoms with Crippen LogP contribution >= 0.6 is 0 Å². The van der Waals surface area contributed by atoms with Crippen LogP contribution in [0.15, 0.2) is 12.1 Å². The van der Waals surface area contributed by atoms with E-state index in [1.165, 1.54) is 13.2 Å². The number of phenols is 1. The van der Waals surface area contributed by atoms with Gasteiger partial charge in [0, 0.05) is 38.3 Å². The van der Waals surface area contributed by atoms with Crippen molar-refractivity contribution in [2.75, 3.05) is 33.3 Å². The minimum Gasteiger partial charge on any atom is -0.505 e. The number of halogens is 1. The van der Waals surface area contributed by atoms with Gasteiger partial charge < -0.3 is 15.2 Å². The zero-order valence-corrected chi connectivity index (χ0v) is 9.87. The van der Waals surface area contributed by atoms with Gasteiger partial charge in [-0.3, -0.25) is 4.90 Å². The van der Waals surface area contributed by atoms with E-state index in [0.717, 1.165) is 31.7 Å². The molecule has 0 aliphatic carbocycles. The molecule has 1 aromatic rings. The topological polar surface area (TPSA) is 44.7 Å². The number of hydrogen-bond donors (Lipinski definition) is 2. The van der Waals surface area contributed by atoms with Crippen molar-refractivity contribution < 1.29 is 14.2 Å². The molecular formula is C12H17FN2O2. The highest BCUT2D eigenvalue weighted by atomic mass is 19.1. The highest BCUT2D eigenvalue weighted by Crippen LogP contribution is 2.30. The predicted octanol–water partition coefficient (Wildman–Crippen LogP) is 0.945. The van der Waals surface area contributed by atoms with Crippen molar-refractivity contribution in [3.8, 4) is 11.5 Å². The molecule has 0 saturated carbocycles. The van der Waals surface area contributed by atoms with Crippen LogP contribution in [0.2, 0.25) is 0 Å². The van der Waals surface area contributed by atoms with Gasteiger partial charge >= 0.3 is 0 Å². The summed E-state index contributed by atoms with van der Waals surface area (Å²) in [5.74, 6) is -0.908. The first-order valence-electron chi connectivity index (χ1n) is 5.69. The number of methoxy groups -OCH3 is 1. The van der Waals surface area contributed by atoms with E-state index in [4.69, 9.17) is 4.74 Å². The molecule has 5 heteroatoms. The maximum atomic E-state index is 13.6. The second-order valence-electron chi connectivity index (χ2n) is 4.12. The third kappa shape index (κ3) is 2.68. The van der Waals surface area contributed by atoms with Crippen molar-refractivity contribution in [3.63, 3.8) is 0 Å². The molecule has 0 spiro atoms. The van der Waals surface area contributed by atoms with Crippen molar-refractivity contribution in [1.82, 2.24) is 10.2 Å². The zero-order valence-electron chi connectivity index (χ0n) is 9.87. The molecule has 0 bridgehead atoms. The molecular weight excluding hydrogens is 223 g/mol. The molecule has 0 radical (unpaired) electrons. The monoisotopic (exact) mass is 240 g/mol. The second kappa shape index (κ2) is 5.33. The Balaban J connectivity index is 2.17. The van der Waals surface area contributed by atoms with E-state index in [0.29, 0.717) is 6.54 Å². The van der Waals surface area contributed by atoms with Crippen molar-refractivity contribution in [2.45, 2.75) is 6.54 Å². The fourth-order valence-electron chi connectivity index (χ4n) is 2.04. The summed E-state index contributed by atoms with van der Waals surface area (Å²) >= 11 is 0. The summed E-state index contributed by atoms with van der Waals surface area (Å²) in [4.78, 5) is 2.23. The van der Waals surface area contributed by atoms with Gasteiger partial charge in [-0.1, -0.05) is 6.07 Å². The first-order chi connectivity index (χ1) is 8.22. The molecule has 2 N–H and O–H groups in total. The first kappa shape index (κ1) is 12.1. The fraction of sp³-hybridized carbons (Fsp3) is 0.500. The summed E-state index contributed by atoms with van der Waals surface area (Å²) in [5, 5.41) is 12.5. The van der Waals surface area contributed by atoms with Crippen LogP contribution in [-0.4, -0.2) is 43.3 Å². The lowest BCUT2D eigenvalue weighted by Gasteiger charge is -2.27. The van der Waals surface area contributed by atoms with Crippen molar-refractivity contribution >= 4 is 0 Å². The summed E-state index contributed by atoms with van der Waals surface area (Å²) in [5.41, 5.74) is 0.768. The van der Waals surface area contributed by atoms with Gasteiger partial charge in [-0.2, -0.15) is 4.39 Å². The summed E-state index contributed by atoms with van der Waals surface area (Å²) in [6.45, 7) is 4.41. The molecule has 1 heterocycles. The van der Waals surface area contributed by atoms with E-state index < -0.39 is 5.82 Å². The quantitative estimate of drug-likeness (QED) is 0.825. The predicted molar refractivity (Wildman–Crippen MR) is 62.8 cm³/mol. The van der Waals surface area contributed by atoms with E-state index in [1.54, 1.807) is 6.07 Å². The van der Waals surface area contributed by atoms with Crippen LogP contribution in [0.25, 0.3) is 0 Å². The van der Waals surface area contributed by atoms with Gasteiger partial charge in [0.2, 0.25) is 5.82 Å². The number of nitrogens with zero attached hydrogens (tertiary/aromatic N) is 1. The van der Waals surface area contributed by atoms with Crippen LogP contribution in [0.1, 0.15) is 5.56 Å². The van der Waals surface area contributed by atoms with Gasteiger partial charge in [0.05, 0.1) is 7.11 Å². The zero-order chi connectivity index (χ0) is 12.3. The number of aromatic hydroxyl groups is 1. The lowest BCUT2D eigenvalue weighted by molar-refractivity contribution is 0.228. The minimum absolute atomic E-state index is 0.142. The van der Waals surface area contributed by atoms with Gasteiger partial charge in [-0.25, -0.2) is 0 Å². The lowest BCUT2D eigenvalue weighted by Crippen LogP contribution is -2.42. The number of piperazine rings is 1. The van der Waals surface area contributed by atoms with Gasteiger partial charge in [-0.05, 0) is 6.07 Å². The summed E-state index contributed by atoms with van der Waals surface area (Å²) in [6.07, 6.45) is 0. The largest absolute Gasteiger partial charge is 0.505 e. The number of phenolic OH excluding ortho intramolecular Hbond substituents is 1. The number of nitrogens with one attached hydrogen (secondary N) is 1. The van der Waals surface area contributed by atoms with Crippen molar-refractivity contribution in [2.24, 2.45) is 0 Å². The molecule has 1 fully saturated rings. The van der Waals surface area contributed by atoms with Crippen LogP contribution < -0.4 is 10.1 Å². The van der Waals surface area contributed by atoms with Gasteiger partial charge in [0.1, 0.15) is 0 Å². The highest BCUT2D eigenvalue weighted by molar-refractivity contribution is 5.42. The van der Waals surface area contributed by atoms with Crippen molar-refractivity contribution in [1.29, 1.82) is 0 Å². The van der Waals surface area contributed by atoms with E-state index in [9.17, 15) is 9.50 Å². The summed E-state index contributed by atoms with van der Waals surface area (Å²) in [7, 11) is 1.42. The second-order valence-corrected chi connectivity index (χ2v) is 4.12. The Kier molecular flexibility index (Phi) is 3.81. The molecule has 2 rings (SSSR count). The molecule has 1 saturated heterocycles. The van der Waals surface area contributed by atoms with E-state index in [2.05, 4.69) is 10.2 Å². The Morgan fingerprint density at radius 3 is 2.76 bits per heavy atom. The molecule has 0 amide bonds. The summed E-state index contributed by atoms with van der Waals surface area (Å²) in [6, 6.07) is 3.08. The number of rotatable bonds is 3. The van der Waals surface area contributed by atoms with E-state index in [1.807, 2.05) is 0 Å². The fourth-order valence-corrected chi connectivity index (χ4v) is 2.04. The molecule has 1 aliphatic heterocycles. The van der Waals surface area contributed by atoms with Gasteiger partial charge in [0.15, 0.2) is 11.5 Å². The smallest absolute Gasteiger partial charge is 0.206 e. The Morgan fingerprint density at radius 2 is 2.12 bits per heavy atom. The normalized spacial score (nSPS) is 17.1. The van der Waals surface area contributed by atoms with Crippen LogP contribution in [0.4, 0.5) is 4.39 Å². The molecule has 0 atom stereocenters. The van der Waals surface area contributed by atoms with E-state index >= 15 is 0 Å². The molecule has 1 aliphatic rings. The van der Waals surface area contributed by atoms with E-state index in [-0.39, 0.29) is 11.5 Å². The third-order valence-electron chi connectivity index (χ3n) is 2.97. The van der Waals surface area contributed by atoms with Gasteiger partial charge in [0.25, 0.3) is 0 Å². The van der Waals surface area contributed by atoms with Crippen molar-refractivity contribution in [3.05, 3.63) is 23.5 Å². The minimum atomic E-state index is -0.680. The van der Waals surface area contributed by atoms with Gasteiger partial charge in [-0.15, -0.1) is 0 Å². The SMILES string of the molecule is COc1c(CN2CCNCC2)ccc(O)c1F. The van der Waals surface area contributed by atoms with Crippen LogP contribution in [0.5, 0.6) is 11.5 Å². The Bertz CT molecular complexity index is 392. The Morgan fingerprint density at radius 1 is 1.41 bits per heavy atom. The van der Waals surface area contributed by atoms with Crippen LogP contribution in [-0.2, 0) is 6.54 Å². The first-order valence-corrected chi connectivity index (χ1v) is 5.69. The number of hydrogen-bond acceptors (Lipinski definition) is 4. The average Bonchev–Trinajstić information content (AvgIpc) is 2.36. The van der Waals surface area contributed by atoms with Crippen LogP contribution in [0.3, 0.4) is 0 Å². The maximum Gasteiger partial charge on any atom is 0.206 e. The Labute approximate surface area is 100.0 Å². The average molecular weight is 240 g/mol. The third-order valence-corrected chi connectivity index (χ3v) is 2.97.